The second-order valence-corrected chi connectivity index (χ2v) is 8.86. The molecule has 1 aromatic heterocycles. The highest BCUT2D eigenvalue weighted by Gasteiger charge is 2.33. The Morgan fingerprint density at radius 1 is 1.09 bits per heavy atom. The number of amides is 2. The Labute approximate surface area is 204 Å². The molecule has 6 nitrogen and oxygen atoms in total. The van der Waals surface area contributed by atoms with Crippen molar-refractivity contribution in [3.05, 3.63) is 65.7 Å². The van der Waals surface area contributed by atoms with Gasteiger partial charge in [0, 0.05) is 24.5 Å². The van der Waals surface area contributed by atoms with Crippen molar-refractivity contribution < 1.29 is 27.6 Å². The summed E-state index contributed by atoms with van der Waals surface area (Å²) in [5.74, 6) is -1.43. The van der Waals surface area contributed by atoms with E-state index < -0.39 is 12.0 Å². The number of alkyl halides is 3. The number of hydrogen-bond donors (Lipinski definition) is 1. The molecule has 1 aliphatic heterocycles. The summed E-state index contributed by atoms with van der Waals surface area (Å²) in [5, 5.41) is 3.70. The van der Waals surface area contributed by atoms with E-state index >= 15 is 0 Å². The minimum atomic E-state index is -4.64. The molecule has 0 saturated heterocycles. The molecular weight excluding hydrogens is 479 g/mol. The first-order valence-electron chi connectivity index (χ1n) is 10.8. The zero-order valence-electron chi connectivity index (χ0n) is 19.2. The fourth-order valence-electron chi connectivity index (χ4n) is 3.44. The number of aryl methyl sites for hydroxylation is 2. The van der Waals surface area contributed by atoms with E-state index in [1.807, 2.05) is 42.5 Å². The largest absolute Gasteiger partial charge is 0.449 e. The van der Waals surface area contributed by atoms with Crippen molar-refractivity contribution in [2.45, 2.75) is 32.9 Å². The molecule has 0 fully saturated rings. The van der Waals surface area contributed by atoms with Crippen LogP contribution >= 0.6 is 11.8 Å². The van der Waals surface area contributed by atoms with Gasteiger partial charge in [0.05, 0.1) is 11.3 Å². The first-order chi connectivity index (χ1) is 16.5. The lowest BCUT2D eigenvalue weighted by Crippen LogP contribution is -2.33. The van der Waals surface area contributed by atoms with Crippen molar-refractivity contribution in [1.82, 2.24) is 4.98 Å². The SMILES string of the molecule is CC(=O)C(F)(F)F.Cc1ccc2c(c1)CCCN2C(=O)SCC(=O)Nc1ccc2ccccc2n1. The molecule has 10 heteroatoms. The molecule has 0 unspecified atom stereocenters. The number of fused-ring (bicyclic) bond motifs is 2. The number of anilines is 2. The maximum Gasteiger partial charge on any atom is 0.449 e. The van der Waals surface area contributed by atoms with Gasteiger partial charge in [-0.2, -0.15) is 13.2 Å². The van der Waals surface area contributed by atoms with Crippen molar-refractivity contribution >= 4 is 51.1 Å². The summed E-state index contributed by atoms with van der Waals surface area (Å²) in [5.41, 5.74) is 4.18. The van der Waals surface area contributed by atoms with Gasteiger partial charge in [-0.1, -0.05) is 47.7 Å². The smallest absolute Gasteiger partial charge is 0.310 e. The van der Waals surface area contributed by atoms with Gasteiger partial charge in [-0.3, -0.25) is 14.4 Å². The van der Waals surface area contributed by atoms with Gasteiger partial charge in [0.15, 0.2) is 0 Å². The van der Waals surface area contributed by atoms with E-state index in [9.17, 15) is 27.6 Å². The average Bonchev–Trinajstić information content (AvgIpc) is 2.81. The normalized spacial score (nSPS) is 12.9. The van der Waals surface area contributed by atoms with E-state index in [4.69, 9.17) is 0 Å². The van der Waals surface area contributed by atoms with Gasteiger partial charge in [0.25, 0.3) is 5.24 Å². The Bertz CT molecular complexity index is 1250. The minimum Gasteiger partial charge on any atom is -0.310 e. The molecule has 0 aliphatic carbocycles. The van der Waals surface area contributed by atoms with Crippen LogP contribution in [0.4, 0.5) is 29.5 Å². The number of nitrogens with zero attached hydrogens (tertiary/aromatic N) is 2. The summed E-state index contributed by atoms with van der Waals surface area (Å²) >= 11 is 1.03. The third kappa shape index (κ3) is 7.29. The predicted molar refractivity (Wildman–Crippen MR) is 132 cm³/mol. The number of aromatic nitrogens is 1. The lowest BCUT2D eigenvalue weighted by Gasteiger charge is -2.29. The van der Waals surface area contributed by atoms with Crippen LogP contribution in [0.5, 0.6) is 0 Å². The van der Waals surface area contributed by atoms with Crippen LogP contribution in [0.25, 0.3) is 10.9 Å². The molecule has 0 bridgehead atoms. The molecule has 2 heterocycles. The molecule has 1 N–H and O–H groups in total. The van der Waals surface area contributed by atoms with Crippen LogP contribution in [-0.2, 0) is 16.0 Å². The van der Waals surface area contributed by atoms with E-state index in [2.05, 4.69) is 23.3 Å². The standard InChI is InChI=1S/C22H21N3O2S.C3H3F3O/c1-15-8-10-19-17(13-15)6-4-12-25(19)22(27)28-14-21(26)24-20-11-9-16-5-2-3-7-18(16)23-20;1-2(7)3(4,5)6/h2-3,5,7-11,13H,4,6,12,14H2,1H3,(H,23,24,26);1H3. The number of rotatable bonds is 3. The first kappa shape index (κ1) is 26.2. The number of halogens is 3. The van der Waals surface area contributed by atoms with Crippen molar-refractivity contribution in [2.24, 2.45) is 0 Å². The van der Waals surface area contributed by atoms with E-state index in [0.29, 0.717) is 19.3 Å². The van der Waals surface area contributed by atoms with E-state index in [1.165, 1.54) is 11.1 Å². The first-order valence-corrected chi connectivity index (χ1v) is 11.8. The zero-order valence-corrected chi connectivity index (χ0v) is 20.0. The molecule has 2 amide bonds. The fourth-order valence-corrected chi connectivity index (χ4v) is 4.11. The number of nitrogens with one attached hydrogen (secondary N) is 1. The number of benzene rings is 2. The lowest BCUT2D eigenvalue weighted by atomic mass is 10.0. The second-order valence-electron chi connectivity index (χ2n) is 7.93. The van der Waals surface area contributed by atoms with Gasteiger partial charge >= 0.3 is 6.18 Å². The maximum absolute atomic E-state index is 12.7. The summed E-state index contributed by atoms with van der Waals surface area (Å²) < 4.78 is 32.5. The highest BCUT2D eigenvalue weighted by molar-refractivity contribution is 8.14. The Balaban J connectivity index is 0.000000429. The molecule has 0 radical (unpaired) electrons. The van der Waals surface area contributed by atoms with Crippen molar-refractivity contribution in [2.75, 3.05) is 22.5 Å². The van der Waals surface area contributed by atoms with Crippen molar-refractivity contribution in [1.29, 1.82) is 0 Å². The molecule has 4 rings (SSSR count). The Kier molecular flexibility index (Phi) is 8.50. The molecule has 2 aromatic carbocycles. The summed E-state index contributed by atoms with van der Waals surface area (Å²) in [6, 6.07) is 17.6. The van der Waals surface area contributed by atoms with Crippen LogP contribution in [-0.4, -0.2) is 40.4 Å². The quantitative estimate of drug-likeness (QED) is 0.480. The monoisotopic (exact) mass is 503 g/mol. The number of ketones is 1. The van der Waals surface area contributed by atoms with Crippen molar-refractivity contribution in [3.8, 4) is 0 Å². The van der Waals surface area contributed by atoms with Gasteiger partial charge in [-0.15, -0.1) is 0 Å². The molecule has 3 aromatic rings. The van der Waals surface area contributed by atoms with Crippen LogP contribution in [0, 0.1) is 6.92 Å². The third-order valence-corrected chi connectivity index (χ3v) is 6.04. The number of pyridine rings is 1. The van der Waals surface area contributed by atoms with E-state index in [-0.39, 0.29) is 16.9 Å². The van der Waals surface area contributed by atoms with Gasteiger partial charge in [-0.25, -0.2) is 4.98 Å². The number of carbonyl (C=O) groups excluding carboxylic acids is 3. The molecule has 0 atom stereocenters. The molecule has 35 heavy (non-hydrogen) atoms. The highest BCUT2D eigenvalue weighted by Crippen LogP contribution is 2.30. The van der Waals surface area contributed by atoms with Gasteiger partial charge in [-0.05, 0) is 49.6 Å². The predicted octanol–water partition coefficient (Wildman–Crippen LogP) is 5.93. The Morgan fingerprint density at radius 2 is 1.80 bits per heavy atom. The number of Topliss-reactive ketones (excluding diaryl/α,β-unsaturated/α-hetero) is 1. The number of carbonyl (C=O) groups is 3. The van der Waals surface area contributed by atoms with Crippen molar-refractivity contribution in [3.63, 3.8) is 0 Å². The molecular formula is C25H24F3N3O3S. The van der Waals surface area contributed by atoms with Crippen LogP contribution < -0.4 is 10.2 Å². The number of para-hydroxylation sites is 1. The van der Waals surface area contributed by atoms with Gasteiger partial charge in [0.2, 0.25) is 11.7 Å². The molecule has 0 saturated carbocycles. The van der Waals surface area contributed by atoms with Gasteiger partial charge in [0.1, 0.15) is 5.82 Å². The zero-order chi connectivity index (χ0) is 25.6. The summed E-state index contributed by atoms with van der Waals surface area (Å²) in [6.45, 7) is 3.23. The Morgan fingerprint density at radius 3 is 2.51 bits per heavy atom. The maximum atomic E-state index is 12.7. The second kappa shape index (κ2) is 11.4. The topological polar surface area (TPSA) is 79.4 Å². The molecule has 1 aliphatic rings. The van der Waals surface area contributed by atoms with Crippen LogP contribution in [0.1, 0.15) is 24.5 Å². The van der Waals surface area contributed by atoms with E-state index in [0.717, 1.165) is 41.2 Å². The van der Waals surface area contributed by atoms with Crippen LogP contribution in [0.15, 0.2) is 54.6 Å². The molecule has 0 spiro atoms. The van der Waals surface area contributed by atoms with Crippen LogP contribution in [0.3, 0.4) is 0 Å². The lowest BCUT2D eigenvalue weighted by molar-refractivity contribution is -0.168. The Hall–Kier alpha value is -3.40. The summed E-state index contributed by atoms with van der Waals surface area (Å²) in [6.07, 6.45) is -2.71. The summed E-state index contributed by atoms with van der Waals surface area (Å²) in [4.78, 5) is 40.5. The van der Waals surface area contributed by atoms with Crippen LogP contribution in [0.2, 0.25) is 0 Å². The summed E-state index contributed by atoms with van der Waals surface area (Å²) in [7, 11) is 0. The fraction of sp³-hybridized carbons (Fsp3) is 0.280. The van der Waals surface area contributed by atoms with E-state index in [1.54, 1.807) is 11.0 Å². The average molecular weight is 504 g/mol. The third-order valence-electron chi connectivity index (χ3n) is 5.17. The van der Waals surface area contributed by atoms with Gasteiger partial charge < -0.3 is 10.2 Å². The number of hydrogen-bond acceptors (Lipinski definition) is 5. The minimum absolute atomic E-state index is 0.0606. The molecule has 184 valence electrons. The highest BCUT2D eigenvalue weighted by atomic mass is 32.2. The number of thioether (sulfide) groups is 1.